The van der Waals surface area contributed by atoms with E-state index in [-0.39, 0.29) is 5.69 Å². The second-order valence-electron chi connectivity index (χ2n) is 4.40. The number of halogens is 1. The lowest BCUT2D eigenvalue weighted by Gasteiger charge is -2.26. The van der Waals surface area contributed by atoms with Gasteiger partial charge in [0.1, 0.15) is 0 Å². The van der Waals surface area contributed by atoms with E-state index in [4.69, 9.17) is 4.74 Å². The van der Waals surface area contributed by atoms with E-state index < -0.39 is 11.7 Å². The second-order valence-corrected chi connectivity index (χ2v) is 4.40. The van der Waals surface area contributed by atoms with Gasteiger partial charge in [-0.3, -0.25) is 9.69 Å². The van der Waals surface area contributed by atoms with Crippen molar-refractivity contribution >= 4 is 5.91 Å². The molecule has 1 saturated heterocycles. The van der Waals surface area contributed by atoms with Gasteiger partial charge < -0.3 is 10.1 Å². The van der Waals surface area contributed by atoms with Crippen LogP contribution in [0.15, 0.2) is 18.3 Å². The summed E-state index contributed by atoms with van der Waals surface area (Å²) in [6.45, 7) is 4.84. The molecule has 0 radical (unpaired) electrons. The first-order valence-corrected chi connectivity index (χ1v) is 6.46. The van der Waals surface area contributed by atoms with Crippen LogP contribution in [0.2, 0.25) is 0 Å². The Balaban J connectivity index is 1.68. The number of ether oxygens (including phenoxy) is 1. The number of rotatable bonds is 5. The number of pyridine rings is 1. The molecule has 1 amide bonds. The van der Waals surface area contributed by atoms with Crippen molar-refractivity contribution in [2.24, 2.45) is 0 Å². The summed E-state index contributed by atoms with van der Waals surface area (Å²) in [6.07, 6.45) is 2.24. The van der Waals surface area contributed by atoms with Crippen LogP contribution in [0.4, 0.5) is 4.39 Å². The van der Waals surface area contributed by atoms with Crippen LogP contribution in [0, 0.1) is 5.82 Å². The zero-order chi connectivity index (χ0) is 13.5. The van der Waals surface area contributed by atoms with Crippen molar-refractivity contribution in [1.82, 2.24) is 15.2 Å². The molecule has 2 rings (SSSR count). The van der Waals surface area contributed by atoms with E-state index in [0.717, 1.165) is 39.3 Å². The van der Waals surface area contributed by atoms with Gasteiger partial charge in [-0.1, -0.05) is 0 Å². The molecule has 19 heavy (non-hydrogen) atoms. The molecule has 1 aliphatic rings. The van der Waals surface area contributed by atoms with E-state index in [2.05, 4.69) is 15.2 Å². The molecule has 1 aliphatic heterocycles. The minimum absolute atomic E-state index is 0.145. The molecule has 1 N–H and O–H groups in total. The van der Waals surface area contributed by atoms with Crippen LogP contribution >= 0.6 is 0 Å². The van der Waals surface area contributed by atoms with Crippen molar-refractivity contribution in [3.05, 3.63) is 29.8 Å². The fourth-order valence-electron chi connectivity index (χ4n) is 1.97. The third kappa shape index (κ3) is 4.25. The minimum atomic E-state index is -0.590. The van der Waals surface area contributed by atoms with Crippen molar-refractivity contribution < 1.29 is 13.9 Å². The van der Waals surface area contributed by atoms with E-state index in [0.29, 0.717) is 6.54 Å². The quantitative estimate of drug-likeness (QED) is 0.797. The molecule has 0 aliphatic carbocycles. The van der Waals surface area contributed by atoms with Crippen molar-refractivity contribution in [2.45, 2.75) is 6.42 Å². The number of hydrogen-bond acceptors (Lipinski definition) is 4. The van der Waals surface area contributed by atoms with Crippen LogP contribution in [0.25, 0.3) is 0 Å². The zero-order valence-corrected chi connectivity index (χ0v) is 10.8. The lowest BCUT2D eigenvalue weighted by molar-refractivity contribution is 0.0374. The van der Waals surface area contributed by atoms with E-state index in [9.17, 15) is 9.18 Å². The summed E-state index contributed by atoms with van der Waals surface area (Å²) in [5.41, 5.74) is -0.145. The van der Waals surface area contributed by atoms with Gasteiger partial charge in [-0.05, 0) is 25.1 Å². The normalized spacial score (nSPS) is 16.3. The van der Waals surface area contributed by atoms with Crippen LogP contribution in [-0.2, 0) is 4.74 Å². The first kappa shape index (κ1) is 13.9. The molecule has 1 fully saturated rings. The Morgan fingerprint density at radius 2 is 2.26 bits per heavy atom. The number of nitrogens with one attached hydrogen (secondary N) is 1. The van der Waals surface area contributed by atoms with E-state index in [1.165, 1.54) is 18.3 Å². The number of carbonyl (C=O) groups excluding carboxylic acids is 1. The Hall–Kier alpha value is -1.53. The van der Waals surface area contributed by atoms with Crippen LogP contribution in [0.1, 0.15) is 16.9 Å². The lowest BCUT2D eigenvalue weighted by atomic mass is 10.3. The molecular weight excluding hydrogens is 249 g/mol. The van der Waals surface area contributed by atoms with Crippen molar-refractivity contribution in [2.75, 3.05) is 39.4 Å². The third-order valence-electron chi connectivity index (χ3n) is 3.01. The molecule has 0 unspecified atom stereocenters. The summed E-state index contributed by atoms with van der Waals surface area (Å²) in [6, 6.07) is 2.69. The molecule has 0 bridgehead atoms. The SMILES string of the molecule is O=C(NCCCN1CCOCC1)c1ncccc1F. The second kappa shape index (κ2) is 7.16. The molecule has 1 aromatic heterocycles. The van der Waals surface area contributed by atoms with Crippen LogP contribution < -0.4 is 5.32 Å². The Morgan fingerprint density at radius 3 is 3.00 bits per heavy atom. The smallest absolute Gasteiger partial charge is 0.272 e. The Labute approximate surface area is 111 Å². The molecule has 5 nitrogen and oxygen atoms in total. The number of hydrogen-bond donors (Lipinski definition) is 1. The topological polar surface area (TPSA) is 54.5 Å². The molecule has 0 atom stereocenters. The Kier molecular flexibility index (Phi) is 5.23. The molecule has 0 spiro atoms. The zero-order valence-electron chi connectivity index (χ0n) is 10.8. The standard InChI is InChI=1S/C13H18FN3O2/c14-11-3-1-4-15-12(11)13(18)16-5-2-6-17-7-9-19-10-8-17/h1,3-4H,2,5-10H2,(H,16,18). The minimum Gasteiger partial charge on any atom is -0.379 e. The van der Waals surface area contributed by atoms with Crippen LogP contribution in [0.5, 0.6) is 0 Å². The van der Waals surface area contributed by atoms with Crippen LogP contribution in [0.3, 0.4) is 0 Å². The van der Waals surface area contributed by atoms with Gasteiger partial charge in [-0.15, -0.1) is 0 Å². The predicted octanol–water partition coefficient (Wildman–Crippen LogP) is 0.673. The maximum absolute atomic E-state index is 13.3. The summed E-state index contributed by atoms with van der Waals surface area (Å²) >= 11 is 0. The highest BCUT2D eigenvalue weighted by Gasteiger charge is 2.13. The number of amides is 1. The average Bonchev–Trinajstić information content (AvgIpc) is 2.45. The first-order chi connectivity index (χ1) is 9.27. The molecule has 104 valence electrons. The van der Waals surface area contributed by atoms with E-state index >= 15 is 0 Å². The van der Waals surface area contributed by atoms with Gasteiger partial charge in [-0.2, -0.15) is 0 Å². The third-order valence-corrected chi connectivity index (χ3v) is 3.01. The summed E-state index contributed by atoms with van der Waals surface area (Å²) in [5, 5.41) is 2.68. The first-order valence-electron chi connectivity index (χ1n) is 6.46. The maximum Gasteiger partial charge on any atom is 0.272 e. The molecule has 1 aromatic rings. The average molecular weight is 267 g/mol. The number of carbonyl (C=O) groups is 1. The van der Waals surface area contributed by atoms with E-state index in [1.807, 2.05) is 0 Å². The van der Waals surface area contributed by atoms with Gasteiger partial charge >= 0.3 is 0 Å². The van der Waals surface area contributed by atoms with Gasteiger partial charge in [0.05, 0.1) is 13.2 Å². The molecule has 0 aromatic carbocycles. The van der Waals surface area contributed by atoms with Gasteiger partial charge in [0.25, 0.3) is 5.91 Å². The Morgan fingerprint density at radius 1 is 1.47 bits per heavy atom. The maximum atomic E-state index is 13.3. The van der Waals surface area contributed by atoms with Gasteiger partial charge in [0.2, 0.25) is 0 Å². The molecular formula is C13H18FN3O2. The van der Waals surface area contributed by atoms with Gasteiger partial charge in [-0.25, -0.2) is 9.37 Å². The number of aromatic nitrogens is 1. The fourth-order valence-corrected chi connectivity index (χ4v) is 1.97. The van der Waals surface area contributed by atoms with Crippen molar-refractivity contribution in [3.63, 3.8) is 0 Å². The number of morpholine rings is 1. The monoisotopic (exact) mass is 267 g/mol. The van der Waals surface area contributed by atoms with E-state index in [1.54, 1.807) is 0 Å². The summed E-state index contributed by atoms with van der Waals surface area (Å²) < 4.78 is 18.5. The highest BCUT2D eigenvalue weighted by Crippen LogP contribution is 2.02. The van der Waals surface area contributed by atoms with Gasteiger partial charge in [0.15, 0.2) is 11.5 Å². The fraction of sp³-hybridized carbons (Fsp3) is 0.538. The summed E-state index contributed by atoms with van der Waals surface area (Å²) in [5.74, 6) is -1.05. The van der Waals surface area contributed by atoms with Crippen molar-refractivity contribution in [3.8, 4) is 0 Å². The van der Waals surface area contributed by atoms with Gasteiger partial charge in [0, 0.05) is 25.8 Å². The highest BCUT2D eigenvalue weighted by molar-refractivity contribution is 5.92. The number of nitrogens with zero attached hydrogens (tertiary/aromatic N) is 2. The van der Waals surface area contributed by atoms with Crippen LogP contribution in [-0.4, -0.2) is 55.2 Å². The largest absolute Gasteiger partial charge is 0.379 e. The molecule has 6 heteroatoms. The molecule has 2 heterocycles. The summed E-state index contributed by atoms with van der Waals surface area (Å²) in [7, 11) is 0. The predicted molar refractivity (Wildman–Crippen MR) is 68.4 cm³/mol. The summed E-state index contributed by atoms with van der Waals surface area (Å²) in [4.78, 5) is 17.7. The lowest BCUT2D eigenvalue weighted by Crippen LogP contribution is -2.38. The highest BCUT2D eigenvalue weighted by atomic mass is 19.1. The van der Waals surface area contributed by atoms with Crippen molar-refractivity contribution in [1.29, 1.82) is 0 Å². The molecule has 0 saturated carbocycles. The Bertz CT molecular complexity index is 422.